The van der Waals surface area contributed by atoms with Crippen LogP contribution in [-0.4, -0.2) is 23.8 Å². The van der Waals surface area contributed by atoms with Gasteiger partial charge in [-0.25, -0.2) is 0 Å². The summed E-state index contributed by atoms with van der Waals surface area (Å²) < 4.78 is 11.1. The Bertz CT molecular complexity index is 393. The Labute approximate surface area is 115 Å². The number of nitrogens with zero attached hydrogens (tertiary/aromatic N) is 2. The summed E-state index contributed by atoms with van der Waals surface area (Å²) in [7, 11) is 1.71. The minimum absolute atomic E-state index is 0.188. The number of hydrogen-bond donors (Lipinski definition) is 1. The van der Waals surface area contributed by atoms with Gasteiger partial charge >= 0.3 is 0 Å². The van der Waals surface area contributed by atoms with Crippen molar-refractivity contribution in [2.75, 3.05) is 13.7 Å². The number of aromatic nitrogens is 2. The fourth-order valence-corrected chi connectivity index (χ4v) is 2.80. The van der Waals surface area contributed by atoms with Gasteiger partial charge in [0.25, 0.3) is 0 Å². The van der Waals surface area contributed by atoms with Crippen molar-refractivity contribution < 1.29 is 9.26 Å². The summed E-state index contributed by atoms with van der Waals surface area (Å²) in [6, 6.07) is 0.188. The van der Waals surface area contributed by atoms with Crippen LogP contribution < -0.4 is 5.32 Å². The Kier molecular flexibility index (Phi) is 4.58. The molecule has 5 heteroatoms. The van der Waals surface area contributed by atoms with E-state index < -0.39 is 5.60 Å². The molecule has 2 rings (SSSR count). The third-order valence-electron chi connectivity index (χ3n) is 4.35. The van der Waals surface area contributed by atoms with Crippen LogP contribution in [0.1, 0.15) is 64.2 Å². The molecule has 0 radical (unpaired) electrons. The van der Waals surface area contributed by atoms with Crippen molar-refractivity contribution in [2.45, 2.75) is 58.1 Å². The van der Waals surface area contributed by atoms with E-state index in [-0.39, 0.29) is 6.04 Å². The molecule has 1 fully saturated rings. The number of hydrogen-bond acceptors (Lipinski definition) is 5. The lowest BCUT2D eigenvalue weighted by Crippen LogP contribution is -2.31. The minimum atomic E-state index is -0.415. The highest BCUT2D eigenvalue weighted by atomic mass is 16.5. The van der Waals surface area contributed by atoms with Gasteiger partial charge in [-0.15, -0.1) is 0 Å². The topological polar surface area (TPSA) is 60.2 Å². The van der Waals surface area contributed by atoms with Gasteiger partial charge in [-0.3, -0.25) is 0 Å². The number of ether oxygens (including phenoxy) is 1. The van der Waals surface area contributed by atoms with Crippen LogP contribution in [0.5, 0.6) is 0 Å². The van der Waals surface area contributed by atoms with Crippen LogP contribution in [0.15, 0.2) is 4.52 Å². The largest absolute Gasteiger partial charge is 0.370 e. The summed E-state index contributed by atoms with van der Waals surface area (Å²) in [5.41, 5.74) is -0.415. The van der Waals surface area contributed by atoms with Crippen molar-refractivity contribution in [3.05, 3.63) is 11.7 Å². The maximum atomic E-state index is 5.64. The fourth-order valence-electron chi connectivity index (χ4n) is 2.80. The smallest absolute Gasteiger partial charge is 0.243 e. The van der Waals surface area contributed by atoms with E-state index in [4.69, 9.17) is 9.26 Å². The molecular formula is C14H25N3O2. The average Bonchev–Trinajstić information content (AvgIpc) is 2.92. The second-order valence-electron chi connectivity index (χ2n) is 5.50. The first-order chi connectivity index (χ1) is 9.15. The van der Waals surface area contributed by atoms with Gasteiger partial charge < -0.3 is 14.6 Å². The maximum Gasteiger partial charge on any atom is 0.243 e. The van der Waals surface area contributed by atoms with Gasteiger partial charge in [0.15, 0.2) is 0 Å². The Balaban J connectivity index is 2.18. The lowest BCUT2D eigenvalue weighted by molar-refractivity contribution is -0.0306. The SMILES string of the molecule is CCC(CC)(OC)c1noc(C2CC(C)CCN2)n1. The average molecular weight is 267 g/mol. The van der Waals surface area contributed by atoms with Crippen molar-refractivity contribution in [2.24, 2.45) is 5.92 Å². The molecule has 19 heavy (non-hydrogen) atoms. The Morgan fingerprint density at radius 3 is 2.74 bits per heavy atom. The van der Waals surface area contributed by atoms with Gasteiger partial charge in [0.1, 0.15) is 5.60 Å². The van der Waals surface area contributed by atoms with E-state index in [1.165, 1.54) is 6.42 Å². The number of piperidine rings is 1. The molecule has 108 valence electrons. The van der Waals surface area contributed by atoms with Crippen LogP contribution in [0.3, 0.4) is 0 Å². The van der Waals surface area contributed by atoms with Crippen LogP contribution in [0.25, 0.3) is 0 Å². The zero-order chi connectivity index (χ0) is 13.9. The third-order valence-corrected chi connectivity index (χ3v) is 4.35. The quantitative estimate of drug-likeness (QED) is 0.889. The van der Waals surface area contributed by atoms with Crippen LogP contribution in [0.4, 0.5) is 0 Å². The second kappa shape index (κ2) is 6.01. The van der Waals surface area contributed by atoms with Crippen molar-refractivity contribution in [1.82, 2.24) is 15.5 Å². The minimum Gasteiger partial charge on any atom is -0.370 e. The molecule has 2 atom stereocenters. The van der Waals surface area contributed by atoms with Crippen LogP contribution in [0, 0.1) is 5.92 Å². The second-order valence-corrected chi connectivity index (χ2v) is 5.50. The first-order valence-electron chi connectivity index (χ1n) is 7.27. The molecule has 1 saturated heterocycles. The third kappa shape index (κ3) is 2.82. The van der Waals surface area contributed by atoms with Crippen LogP contribution in [0.2, 0.25) is 0 Å². The molecule has 0 aromatic carbocycles. The highest BCUT2D eigenvalue weighted by molar-refractivity contribution is 5.03. The zero-order valence-corrected chi connectivity index (χ0v) is 12.4. The normalized spacial score (nSPS) is 24.6. The van der Waals surface area contributed by atoms with Crippen LogP contribution >= 0.6 is 0 Å². The molecule has 1 aromatic rings. The summed E-state index contributed by atoms with van der Waals surface area (Å²) in [5.74, 6) is 2.08. The number of methoxy groups -OCH3 is 1. The van der Waals surface area contributed by atoms with Gasteiger partial charge in [-0.1, -0.05) is 25.9 Å². The Morgan fingerprint density at radius 2 is 2.16 bits per heavy atom. The van der Waals surface area contributed by atoms with E-state index in [2.05, 4.69) is 36.2 Å². The number of rotatable bonds is 5. The highest BCUT2D eigenvalue weighted by Crippen LogP contribution is 2.32. The molecule has 1 aliphatic heterocycles. The highest BCUT2D eigenvalue weighted by Gasteiger charge is 2.35. The van der Waals surface area contributed by atoms with Gasteiger partial charge in [-0.2, -0.15) is 4.98 Å². The molecular weight excluding hydrogens is 242 g/mol. The first-order valence-corrected chi connectivity index (χ1v) is 7.27. The molecule has 0 aliphatic carbocycles. The Hall–Kier alpha value is -0.940. The molecule has 0 bridgehead atoms. The molecule has 0 saturated carbocycles. The zero-order valence-electron chi connectivity index (χ0n) is 12.4. The summed E-state index contributed by atoms with van der Waals surface area (Å²) in [5, 5.41) is 7.60. The van der Waals surface area contributed by atoms with Gasteiger partial charge in [-0.05, 0) is 38.1 Å². The van der Waals surface area contributed by atoms with E-state index in [0.717, 1.165) is 25.8 Å². The van der Waals surface area contributed by atoms with Crippen molar-refractivity contribution in [3.8, 4) is 0 Å². The summed E-state index contributed by atoms with van der Waals surface area (Å²) in [6.45, 7) is 7.46. The fraction of sp³-hybridized carbons (Fsp3) is 0.857. The first kappa shape index (κ1) is 14.5. The summed E-state index contributed by atoms with van der Waals surface area (Å²) >= 11 is 0. The number of nitrogens with one attached hydrogen (secondary N) is 1. The van der Waals surface area contributed by atoms with Gasteiger partial charge in [0.05, 0.1) is 6.04 Å². The molecule has 0 amide bonds. The summed E-state index contributed by atoms with van der Waals surface area (Å²) in [6.07, 6.45) is 3.95. The molecule has 2 unspecified atom stereocenters. The van der Waals surface area contributed by atoms with E-state index in [9.17, 15) is 0 Å². The standard InChI is InChI=1S/C14H25N3O2/c1-5-14(6-2,18-4)13-16-12(19-17-13)11-9-10(3)7-8-15-11/h10-11,15H,5-9H2,1-4H3. The lowest BCUT2D eigenvalue weighted by atomic mass is 9.94. The predicted molar refractivity (Wildman–Crippen MR) is 72.7 cm³/mol. The molecule has 1 N–H and O–H groups in total. The Morgan fingerprint density at radius 1 is 1.42 bits per heavy atom. The van der Waals surface area contributed by atoms with Gasteiger partial charge in [0, 0.05) is 7.11 Å². The predicted octanol–water partition coefficient (Wildman–Crippen LogP) is 2.79. The van der Waals surface area contributed by atoms with E-state index in [1.807, 2.05) is 0 Å². The molecule has 2 heterocycles. The van der Waals surface area contributed by atoms with E-state index in [1.54, 1.807) is 7.11 Å². The van der Waals surface area contributed by atoms with E-state index in [0.29, 0.717) is 17.6 Å². The maximum absolute atomic E-state index is 5.64. The van der Waals surface area contributed by atoms with Crippen LogP contribution in [-0.2, 0) is 10.3 Å². The van der Waals surface area contributed by atoms with Crippen molar-refractivity contribution >= 4 is 0 Å². The lowest BCUT2D eigenvalue weighted by Gasteiger charge is -2.26. The molecule has 1 aromatic heterocycles. The van der Waals surface area contributed by atoms with Gasteiger partial charge in [0.2, 0.25) is 11.7 Å². The molecule has 5 nitrogen and oxygen atoms in total. The molecule has 0 spiro atoms. The van der Waals surface area contributed by atoms with Crippen molar-refractivity contribution in [1.29, 1.82) is 0 Å². The monoisotopic (exact) mass is 267 g/mol. The molecule has 1 aliphatic rings. The summed E-state index contributed by atoms with van der Waals surface area (Å²) in [4.78, 5) is 4.59. The van der Waals surface area contributed by atoms with E-state index >= 15 is 0 Å². The van der Waals surface area contributed by atoms with Crippen molar-refractivity contribution in [3.63, 3.8) is 0 Å².